The predicted octanol–water partition coefficient (Wildman–Crippen LogP) is 1.81. The summed E-state index contributed by atoms with van der Waals surface area (Å²) >= 11 is 0. The molecule has 3 nitrogen and oxygen atoms in total. The van der Waals surface area contributed by atoms with Crippen molar-refractivity contribution < 1.29 is 9.53 Å². The van der Waals surface area contributed by atoms with Gasteiger partial charge in [0.05, 0.1) is 6.61 Å². The molecule has 0 amide bonds. The van der Waals surface area contributed by atoms with Gasteiger partial charge >= 0.3 is 5.97 Å². The van der Waals surface area contributed by atoms with Crippen molar-refractivity contribution in [2.24, 2.45) is 0 Å². The molecule has 1 aromatic rings. The third kappa shape index (κ3) is 3.39. The number of benzene rings is 1. The van der Waals surface area contributed by atoms with Gasteiger partial charge in [-0.2, -0.15) is 0 Å². The van der Waals surface area contributed by atoms with Crippen molar-refractivity contribution in [2.75, 3.05) is 6.61 Å². The molecule has 0 atom stereocenters. The summed E-state index contributed by atoms with van der Waals surface area (Å²) in [5, 5.41) is 7.01. The summed E-state index contributed by atoms with van der Waals surface area (Å²) in [6.07, 6.45) is 0.694. The third-order valence-electron chi connectivity index (χ3n) is 1.77. The number of carbonyl (C=O) groups excluding carboxylic acids is 1. The zero-order valence-corrected chi connectivity index (χ0v) is 8.12. The second-order valence-corrected chi connectivity index (χ2v) is 3.00. The molecule has 0 fully saturated rings. The maximum atomic E-state index is 10.9. The maximum Gasteiger partial charge on any atom is 0.351 e. The topological polar surface area (TPSA) is 50.2 Å². The first-order chi connectivity index (χ1) is 6.70. The summed E-state index contributed by atoms with van der Waals surface area (Å²) in [6.45, 7) is 1.75. The molecule has 0 aliphatic rings. The summed E-state index contributed by atoms with van der Waals surface area (Å²) in [5.74, 6) is -0.541. The Bertz CT molecular complexity index is 319. The van der Waals surface area contributed by atoms with Gasteiger partial charge in [0.1, 0.15) is 5.71 Å². The van der Waals surface area contributed by atoms with E-state index in [1.54, 1.807) is 0 Å². The van der Waals surface area contributed by atoms with E-state index in [1.807, 2.05) is 30.3 Å². The van der Waals surface area contributed by atoms with Gasteiger partial charge in [-0.25, -0.2) is 4.79 Å². The molecule has 0 aliphatic heterocycles. The lowest BCUT2D eigenvalue weighted by atomic mass is 10.2. The normalized spacial score (nSPS) is 9.50. The molecule has 0 heterocycles. The molecule has 1 N–H and O–H groups in total. The SMILES string of the molecule is CC(=N)C(=O)OCCc1ccccc1. The summed E-state index contributed by atoms with van der Waals surface area (Å²) in [4.78, 5) is 10.9. The van der Waals surface area contributed by atoms with Gasteiger partial charge < -0.3 is 4.74 Å². The lowest BCUT2D eigenvalue weighted by molar-refractivity contribution is -0.135. The smallest absolute Gasteiger partial charge is 0.351 e. The highest BCUT2D eigenvalue weighted by Gasteiger charge is 2.03. The molecule has 14 heavy (non-hydrogen) atoms. The van der Waals surface area contributed by atoms with E-state index in [0.29, 0.717) is 13.0 Å². The molecule has 0 aromatic heterocycles. The number of esters is 1. The van der Waals surface area contributed by atoms with E-state index in [-0.39, 0.29) is 5.71 Å². The van der Waals surface area contributed by atoms with Crippen molar-refractivity contribution in [3.8, 4) is 0 Å². The van der Waals surface area contributed by atoms with Crippen LogP contribution in [0.15, 0.2) is 30.3 Å². The molecule has 1 rings (SSSR count). The van der Waals surface area contributed by atoms with Crippen LogP contribution in [0, 0.1) is 5.41 Å². The van der Waals surface area contributed by atoms with Crippen molar-refractivity contribution in [3.63, 3.8) is 0 Å². The van der Waals surface area contributed by atoms with Gasteiger partial charge in [-0.1, -0.05) is 30.3 Å². The van der Waals surface area contributed by atoms with Gasteiger partial charge in [0.15, 0.2) is 0 Å². The fourth-order valence-corrected chi connectivity index (χ4v) is 1.01. The predicted molar refractivity (Wildman–Crippen MR) is 54.5 cm³/mol. The van der Waals surface area contributed by atoms with Crippen LogP contribution < -0.4 is 0 Å². The summed E-state index contributed by atoms with van der Waals surface area (Å²) in [5.41, 5.74) is 1.07. The van der Waals surface area contributed by atoms with Crippen LogP contribution in [0.3, 0.4) is 0 Å². The third-order valence-corrected chi connectivity index (χ3v) is 1.77. The molecule has 0 spiro atoms. The van der Waals surface area contributed by atoms with Crippen molar-refractivity contribution in [3.05, 3.63) is 35.9 Å². The van der Waals surface area contributed by atoms with Crippen LogP contribution >= 0.6 is 0 Å². The largest absolute Gasteiger partial charge is 0.461 e. The lowest BCUT2D eigenvalue weighted by Gasteiger charge is -2.03. The molecule has 0 bridgehead atoms. The van der Waals surface area contributed by atoms with Crippen molar-refractivity contribution >= 4 is 11.7 Å². The number of hydrogen-bond donors (Lipinski definition) is 1. The van der Waals surface area contributed by atoms with E-state index in [1.165, 1.54) is 6.92 Å². The van der Waals surface area contributed by atoms with E-state index < -0.39 is 5.97 Å². The van der Waals surface area contributed by atoms with Crippen LogP contribution in [0.1, 0.15) is 12.5 Å². The van der Waals surface area contributed by atoms with Crippen LogP contribution in [0.4, 0.5) is 0 Å². The fourth-order valence-electron chi connectivity index (χ4n) is 1.01. The minimum atomic E-state index is -0.541. The van der Waals surface area contributed by atoms with Gasteiger partial charge in [0.2, 0.25) is 0 Å². The van der Waals surface area contributed by atoms with Crippen molar-refractivity contribution in [1.82, 2.24) is 0 Å². The van der Waals surface area contributed by atoms with Gasteiger partial charge in [0, 0.05) is 6.42 Å². The first-order valence-corrected chi connectivity index (χ1v) is 4.46. The highest BCUT2D eigenvalue weighted by molar-refractivity contribution is 6.33. The van der Waals surface area contributed by atoms with E-state index in [4.69, 9.17) is 10.1 Å². The summed E-state index contributed by atoms with van der Waals surface area (Å²) in [7, 11) is 0. The zero-order chi connectivity index (χ0) is 10.4. The Morgan fingerprint density at radius 3 is 2.57 bits per heavy atom. The van der Waals surface area contributed by atoms with Crippen LogP contribution in [0.5, 0.6) is 0 Å². The zero-order valence-electron chi connectivity index (χ0n) is 8.12. The maximum absolute atomic E-state index is 10.9. The Morgan fingerprint density at radius 1 is 1.36 bits per heavy atom. The average molecular weight is 191 g/mol. The quantitative estimate of drug-likeness (QED) is 0.583. The van der Waals surface area contributed by atoms with Gasteiger partial charge in [-0.05, 0) is 12.5 Å². The second kappa shape index (κ2) is 5.17. The number of hydrogen-bond acceptors (Lipinski definition) is 3. The van der Waals surface area contributed by atoms with Crippen LogP contribution in [0.2, 0.25) is 0 Å². The highest BCUT2D eigenvalue weighted by atomic mass is 16.5. The molecule has 0 saturated heterocycles. The molecule has 0 radical (unpaired) electrons. The first kappa shape index (κ1) is 10.4. The number of ether oxygens (including phenoxy) is 1. The highest BCUT2D eigenvalue weighted by Crippen LogP contribution is 1.99. The van der Waals surface area contributed by atoms with Gasteiger partial charge in [0.25, 0.3) is 0 Å². The van der Waals surface area contributed by atoms with E-state index >= 15 is 0 Å². The first-order valence-electron chi connectivity index (χ1n) is 4.46. The lowest BCUT2D eigenvalue weighted by Crippen LogP contribution is -2.14. The number of carbonyl (C=O) groups is 1. The van der Waals surface area contributed by atoms with E-state index in [2.05, 4.69) is 0 Å². The Kier molecular flexibility index (Phi) is 3.85. The van der Waals surface area contributed by atoms with Crippen LogP contribution in [0.25, 0.3) is 0 Å². The van der Waals surface area contributed by atoms with Crippen molar-refractivity contribution in [1.29, 1.82) is 5.41 Å². The molecule has 1 aromatic carbocycles. The molecule has 0 unspecified atom stereocenters. The van der Waals surface area contributed by atoms with Crippen molar-refractivity contribution in [2.45, 2.75) is 13.3 Å². The summed E-state index contributed by atoms with van der Waals surface area (Å²) < 4.78 is 4.84. The Morgan fingerprint density at radius 2 is 2.00 bits per heavy atom. The van der Waals surface area contributed by atoms with E-state index in [9.17, 15) is 4.79 Å². The second-order valence-electron chi connectivity index (χ2n) is 3.00. The Balaban J connectivity index is 2.29. The molecule has 0 aliphatic carbocycles. The standard InChI is InChI=1S/C11H13NO2/c1-9(12)11(13)14-8-7-10-5-3-2-4-6-10/h2-6,12H,7-8H2,1H3. The minimum Gasteiger partial charge on any atom is -0.461 e. The molecular formula is C11H13NO2. The van der Waals surface area contributed by atoms with Gasteiger partial charge in [-0.3, -0.25) is 5.41 Å². The molecule has 74 valence electrons. The summed E-state index contributed by atoms with van der Waals surface area (Å²) in [6, 6.07) is 9.78. The van der Waals surface area contributed by atoms with Crippen LogP contribution in [-0.4, -0.2) is 18.3 Å². The Labute approximate surface area is 83.2 Å². The monoisotopic (exact) mass is 191 g/mol. The fraction of sp³-hybridized carbons (Fsp3) is 0.273. The Hall–Kier alpha value is -1.64. The van der Waals surface area contributed by atoms with E-state index in [0.717, 1.165) is 5.56 Å². The average Bonchev–Trinajstić information content (AvgIpc) is 2.19. The number of nitrogens with one attached hydrogen (secondary N) is 1. The molecule has 3 heteroatoms. The number of rotatable bonds is 4. The van der Waals surface area contributed by atoms with Gasteiger partial charge in [-0.15, -0.1) is 0 Å². The molecular weight excluding hydrogens is 178 g/mol. The molecule has 0 saturated carbocycles. The minimum absolute atomic E-state index is 0.0574. The van der Waals surface area contributed by atoms with Crippen LogP contribution in [-0.2, 0) is 16.0 Å².